The zero-order valence-corrected chi connectivity index (χ0v) is 7.80. The fourth-order valence-electron chi connectivity index (χ4n) is 0.604. The van der Waals surface area contributed by atoms with Gasteiger partial charge in [-0.25, -0.2) is 4.39 Å². The highest BCUT2D eigenvalue weighted by Crippen LogP contribution is 2.21. The maximum Gasteiger partial charge on any atom is 0.138 e. The van der Waals surface area contributed by atoms with Crippen molar-refractivity contribution in [3.05, 3.63) is 28.5 Å². The number of halogens is 2. The van der Waals surface area contributed by atoms with Crippen LogP contribution in [0.2, 0.25) is 0 Å². The van der Waals surface area contributed by atoms with Crippen molar-refractivity contribution in [2.45, 2.75) is 4.90 Å². The van der Waals surface area contributed by atoms with Crippen molar-refractivity contribution < 1.29 is 4.39 Å². The van der Waals surface area contributed by atoms with Crippen molar-refractivity contribution in [3.63, 3.8) is 0 Å². The molecule has 1 aromatic carbocycles. The van der Waals surface area contributed by atoms with Gasteiger partial charge in [0.25, 0.3) is 0 Å². The van der Waals surface area contributed by atoms with Gasteiger partial charge < -0.3 is 0 Å². The SMILES string of the molecule is CSc1ccc(Br)c(F)c1. The largest absolute Gasteiger partial charge is 0.206 e. The van der Waals surface area contributed by atoms with Gasteiger partial charge in [-0.15, -0.1) is 11.8 Å². The molecule has 0 saturated carbocycles. The Morgan fingerprint density at radius 1 is 1.50 bits per heavy atom. The molecule has 0 atom stereocenters. The van der Waals surface area contributed by atoms with E-state index < -0.39 is 0 Å². The van der Waals surface area contributed by atoms with Gasteiger partial charge in [0.05, 0.1) is 4.47 Å². The first-order valence-corrected chi connectivity index (χ1v) is 4.75. The maximum atomic E-state index is 12.7. The number of thioether (sulfide) groups is 1. The van der Waals surface area contributed by atoms with Crippen molar-refractivity contribution in [1.82, 2.24) is 0 Å². The second-order valence-electron chi connectivity index (χ2n) is 1.78. The van der Waals surface area contributed by atoms with Gasteiger partial charge in [0.15, 0.2) is 0 Å². The molecule has 0 spiro atoms. The molecule has 0 saturated heterocycles. The van der Waals surface area contributed by atoms with Crippen molar-refractivity contribution >= 4 is 27.7 Å². The number of benzene rings is 1. The lowest BCUT2D eigenvalue weighted by molar-refractivity contribution is 0.617. The smallest absolute Gasteiger partial charge is 0.138 e. The Morgan fingerprint density at radius 2 is 2.20 bits per heavy atom. The Morgan fingerprint density at radius 3 is 2.70 bits per heavy atom. The summed E-state index contributed by atoms with van der Waals surface area (Å²) < 4.78 is 13.2. The van der Waals surface area contributed by atoms with E-state index in [0.717, 1.165) is 4.90 Å². The van der Waals surface area contributed by atoms with Crippen LogP contribution in [0.1, 0.15) is 0 Å². The number of hydrogen-bond acceptors (Lipinski definition) is 1. The van der Waals surface area contributed by atoms with Crippen molar-refractivity contribution in [2.24, 2.45) is 0 Å². The maximum absolute atomic E-state index is 12.7. The molecule has 1 aromatic rings. The summed E-state index contributed by atoms with van der Waals surface area (Å²) in [4.78, 5) is 0.945. The molecule has 0 bridgehead atoms. The summed E-state index contributed by atoms with van der Waals surface area (Å²) >= 11 is 4.61. The molecule has 3 heteroatoms. The van der Waals surface area contributed by atoms with Crippen LogP contribution in [0.15, 0.2) is 27.6 Å². The quantitative estimate of drug-likeness (QED) is 0.655. The molecule has 0 aliphatic rings. The average Bonchev–Trinajstić information content (AvgIpc) is 1.95. The monoisotopic (exact) mass is 220 g/mol. The zero-order valence-electron chi connectivity index (χ0n) is 5.40. The fourth-order valence-corrected chi connectivity index (χ4v) is 1.28. The minimum atomic E-state index is -0.202. The van der Waals surface area contributed by atoms with Gasteiger partial charge in [0, 0.05) is 4.90 Å². The van der Waals surface area contributed by atoms with E-state index in [1.54, 1.807) is 6.07 Å². The summed E-state index contributed by atoms with van der Waals surface area (Å²) in [6.07, 6.45) is 1.92. The molecule has 0 N–H and O–H groups in total. The molecule has 54 valence electrons. The molecule has 0 nitrogen and oxygen atoms in total. The summed E-state index contributed by atoms with van der Waals surface area (Å²) in [6, 6.07) is 5.09. The molecule has 0 heterocycles. The first kappa shape index (κ1) is 8.08. The van der Waals surface area contributed by atoms with E-state index in [9.17, 15) is 4.39 Å². The van der Waals surface area contributed by atoms with Crippen LogP contribution in [-0.4, -0.2) is 6.26 Å². The number of hydrogen-bond donors (Lipinski definition) is 0. The lowest BCUT2D eigenvalue weighted by Gasteiger charge is -1.96. The van der Waals surface area contributed by atoms with Crippen LogP contribution in [0.5, 0.6) is 0 Å². The van der Waals surface area contributed by atoms with Crippen molar-refractivity contribution in [2.75, 3.05) is 6.26 Å². The molecular formula is C7H6BrFS. The predicted molar refractivity (Wildman–Crippen MR) is 45.9 cm³/mol. The lowest BCUT2D eigenvalue weighted by atomic mass is 10.3. The highest BCUT2D eigenvalue weighted by atomic mass is 79.9. The van der Waals surface area contributed by atoms with Crippen LogP contribution in [0.4, 0.5) is 4.39 Å². The van der Waals surface area contributed by atoms with Crippen LogP contribution in [0.3, 0.4) is 0 Å². The van der Waals surface area contributed by atoms with Gasteiger partial charge in [0.1, 0.15) is 5.82 Å². The summed E-state index contributed by atoms with van der Waals surface area (Å²) in [6.45, 7) is 0. The average molecular weight is 221 g/mol. The van der Waals surface area contributed by atoms with E-state index in [2.05, 4.69) is 15.9 Å². The molecule has 0 amide bonds. The van der Waals surface area contributed by atoms with E-state index >= 15 is 0 Å². The Balaban J connectivity index is 3.04. The highest BCUT2D eigenvalue weighted by molar-refractivity contribution is 9.10. The highest BCUT2D eigenvalue weighted by Gasteiger charge is 1.97. The molecule has 10 heavy (non-hydrogen) atoms. The van der Waals surface area contributed by atoms with Gasteiger partial charge in [0.2, 0.25) is 0 Å². The van der Waals surface area contributed by atoms with Gasteiger partial charge in [-0.1, -0.05) is 0 Å². The lowest BCUT2D eigenvalue weighted by Crippen LogP contribution is -1.76. The Hall–Kier alpha value is -0.0200. The Kier molecular flexibility index (Phi) is 2.74. The zero-order chi connectivity index (χ0) is 7.56. The normalized spacial score (nSPS) is 9.90. The van der Waals surface area contributed by atoms with Crippen LogP contribution < -0.4 is 0 Å². The summed E-state index contributed by atoms with van der Waals surface area (Å²) in [5.74, 6) is -0.202. The second-order valence-corrected chi connectivity index (χ2v) is 3.51. The van der Waals surface area contributed by atoms with Gasteiger partial charge in [-0.2, -0.15) is 0 Å². The Bertz CT molecular complexity index is 237. The van der Waals surface area contributed by atoms with Crippen molar-refractivity contribution in [1.29, 1.82) is 0 Å². The van der Waals surface area contributed by atoms with E-state index in [4.69, 9.17) is 0 Å². The summed E-state index contributed by atoms with van der Waals surface area (Å²) in [5, 5.41) is 0. The molecule has 0 aliphatic carbocycles. The standard InChI is InChI=1S/C7H6BrFS/c1-10-5-2-3-6(8)7(9)4-5/h2-4H,1H3. The molecule has 1 rings (SSSR count). The van der Waals surface area contributed by atoms with E-state index in [0.29, 0.717) is 4.47 Å². The molecular weight excluding hydrogens is 215 g/mol. The molecule has 0 radical (unpaired) electrons. The van der Waals surface area contributed by atoms with Crippen LogP contribution >= 0.6 is 27.7 Å². The topological polar surface area (TPSA) is 0 Å². The third-order valence-electron chi connectivity index (χ3n) is 1.13. The van der Waals surface area contributed by atoms with E-state index in [-0.39, 0.29) is 5.82 Å². The van der Waals surface area contributed by atoms with Crippen LogP contribution in [-0.2, 0) is 0 Å². The molecule has 0 aromatic heterocycles. The minimum absolute atomic E-state index is 0.202. The van der Waals surface area contributed by atoms with E-state index in [1.165, 1.54) is 17.8 Å². The van der Waals surface area contributed by atoms with Gasteiger partial charge in [-0.05, 0) is 40.4 Å². The third-order valence-corrected chi connectivity index (χ3v) is 2.50. The first-order chi connectivity index (χ1) is 4.74. The van der Waals surface area contributed by atoms with Crippen LogP contribution in [0, 0.1) is 5.82 Å². The van der Waals surface area contributed by atoms with Gasteiger partial charge >= 0.3 is 0 Å². The summed E-state index contributed by atoms with van der Waals surface area (Å²) in [7, 11) is 0. The molecule has 0 aliphatic heterocycles. The van der Waals surface area contributed by atoms with Crippen LogP contribution in [0.25, 0.3) is 0 Å². The van der Waals surface area contributed by atoms with Gasteiger partial charge in [-0.3, -0.25) is 0 Å². The fraction of sp³-hybridized carbons (Fsp3) is 0.143. The minimum Gasteiger partial charge on any atom is -0.206 e. The Labute approximate surface area is 72.0 Å². The summed E-state index contributed by atoms with van der Waals surface area (Å²) in [5.41, 5.74) is 0. The third kappa shape index (κ3) is 1.73. The molecule has 0 unspecified atom stereocenters. The molecule has 0 fully saturated rings. The van der Waals surface area contributed by atoms with E-state index in [1.807, 2.05) is 12.3 Å². The van der Waals surface area contributed by atoms with Crippen molar-refractivity contribution in [3.8, 4) is 0 Å². The first-order valence-electron chi connectivity index (χ1n) is 2.73. The second kappa shape index (κ2) is 3.39. The number of rotatable bonds is 1. The predicted octanol–water partition coefficient (Wildman–Crippen LogP) is 3.31.